The van der Waals surface area contributed by atoms with Crippen LogP contribution in [0.15, 0.2) is 30.9 Å². The van der Waals surface area contributed by atoms with Crippen LogP contribution in [0.25, 0.3) is 32.2 Å². The van der Waals surface area contributed by atoms with E-state index in [1.54, 1.807) is 11.0 Å². The number of hydrogen-bond donors (Lipinski definition) is 2. The third-order valence-corrected chi connectivity index (χ3v) is 10.8. The number of anilines is 2. The molecule has 0 bridgehead atoms. The number of halogens is 4. The Morgan fingerprint density at radius 3 is 2.79 bits per heavy atom. The highest BCUT2D eigenvalue weighted by Crippen LogP contribution is 2.43. The normalized spacial score (nSPS) is 21.8. The first-order valence-corrected chi connectivity index (χ1v) is 16.9. The third kappa shape index (κ3) is 5.35. The second-order valence-electron chi connectivity index (χ2n) is 12.5. The van der Waals surface area contributed by atoms with Gasteiger partial charge in [0.2, 0.25) is 0 Å². The number of ether oxygens (including phenoxy) is 1. The number of fused-ring (bicyclic) bond motifs is 3. The van der Waals surface area contributed by atoms with Gasteiger partial charge >= 0.3 is 12.0 Å². The summed E-state index contributed by atoms with van der Waals surface area (Å²) in [4.78, 5) is 33.8. The number of nitrogen functional groups attached to an aromatic ring is 1. The average molecular weight is 699 g/mol. The molecule has 17 heteroatoms. The maximum Gasteiger partial charge on any atom is 0.346 e. The highest BCUT2D eigenvalue weighted by Gasteiger charge is 2.49. The summed E-state index contributed by atoms with van der Waals surface area (Å²) in [6.07, 6.45) is 4.93. The molecule has 2 aromatic carbocycles. The molecule has 2 atom stereocenters. The van der Waals surface area contributed by atoms with Crippen LogP contribution in [0, 0.1) is 11.6 Å². The van der Waals surface area contributed by atoms with E-state index in [2.05, 4.69) is 35.3 Å². The molecule has 3 N–H and O–H groups in total. The topological polar surface area (TPSA) is 140 Å². The van der Waals surface area contributed by atoms with Gasteiger partial charge in [-0.2, -0.15) is 19.7 Å². The average Bonchev–Trinajstić information content (AvgIpc) is 3.86. The number of rotatable bonds is 6. The number of amides is 1. The third-order valence-electron chi connectivity index (χ3n) is 9.60. The number of aromatic nitrogens is 6. The summed E-state index contributed by atoms with van der Waals surface area (Å²) >= 11 is 7.73. The standard InChI is InChI=1S/C31H30ClF3N10O2S/c32-20-10-19-24(23(35)22(20)18-2-3-21(34)26-25(18)40-28(36)48-26)41-29(47-13-31-6-1-7-44(31)12-16(33)11-31)42-27(19)39-17-4-8-43(9-5-17)30(46)45-15-37-14-38-45/h2-3,10,14-17H,1,4-9,11-13H2,(H2,36,40)(H,39,41,42)/t16-,31+/m1/s1. The summed E-state index contributed by atoms with van der Waals surface area (Å²) in [6, 6.07) is 3.75. The van der Waals surface area contributed by atoms with E-state index in [0.29, 0.717) is 50.1 Å². The zero-order chi connectivity index (χ0) is 33.2. The number of nitrogens with zero attached hydrogens (tertiary/aromatic N) is 8. The van der Waals surface area contributed by atoms with Gasteiger partial charge in [0.1, 0.15) is 42.6 Å². The number of piperidine rings is 1. The number of nitrogens with one attached hydrogen (secondary N) is 1. The first kappa shape index (κ1) is 31.0. The molecule has 250 valence electrons. The van der Waals surface area contributed by atoms with Crippen LogP contribution in [-0.2, 0) is 0 Å². The number of carbonyl (C=O) groups is 1. The minimum absolute atomic E-state index is 0.00776. The second kappa shape index (κ2) is 12.0. The summed E-state index contributed by atoms with van der Waals surface area (Å²) in [5.74, 6) is -0.978. The predicted octanol–water partition coefficient (Wildman–Crippen LogP) is 5.51. The second-order valence-corrected chi connectivity index (χ2v) is 14.0. The molecule has 3 aliphatic heterocycles. The lowest BCUT2D eigenvalue weighted by atomic mass is 9.95. The number of thiazole rings is 1. The molecular weight excluding hydrogens is 669 g/mol. The van der Waals surface area contributed by atoms with Crippen molar-refractivity contribution in [3.63, 3.8) is 0 Å². The first-order valence-electron chi connectivity index (χ1n) is 15.7. The SMILES string of the molecule is Nc1nc2c(-c3c(Cl)cc4c(NC5CCN(C(=O)n6cncn6)CC5)nc(OC[C@@]56CCCN5C[C@H](F)C6)nc4c3F)ccc(F)c2s1. The van der Waals surface area contributed by atoms with Crippen LogP contribution in [0.2, 0.25) is 5.02 Å². The largest absolute Gasteiger partial charge is 0.461 e. The van der Waals surface area contributed by atoms with Gasteiger partial charge in [0.15, 0.2) is 10.9 Å². The molecule has 6 heterocycles. The Labute approximate surface area is 281 Å². The van der Waals surface area contributed by atoms with Crippen LogP contribution in [0.3, 0.4) is 0 Å². The lowest BCUT2D eigenvalue weighted by molar-refractivity contribution is 0.107. The van der Waals surface area contributed by atoms with Gasteiger partial charge in [-0.05, 0) is 50.4 Å². The number of nitrogens with two attached hydrogens (primary N) is 1. The van der Waals surface area contributed by atoms with Crippen LogP contribution >= 0.6 is 22.9 Å². The van der Waals surface area contributed by atoms with Gasteiger partial charge < -0.3 is 20.7 Å². The molecule has 8 rings (SSSR count). The number of alkyl halides is 1. The minimum atomic E-state index is -0.944. The number of benzene rings is 2. The highest BCUT2D eigenvalue weighted by atomic mass is 35.5. The van der Waals surface area contributed by atoms with E-state index in [0.717, 1.165) is 30.7 Å². The Morgan fingerprint density at radius 1 is 1.17 bits per heavy atom. The molecule has 3 saturated heterocycles. The van der Waals surface area contributed by atoms with E-state index in [9.17, 15) is 13.6 Å². The van der Waals surface area contributed by atoms with Crippen molar-refractivity contribution in [2.24, 2.45) is 0 Å². The van der Waals surface area contributed by atoms with E-state index in [1.165, 1.54) is 29.5 Å². The predicted molar refractivity (Wildman–Crippen MR) is 175 cm³/mol. The molecule has 3 aliphatic rings. The molecule has 0 aliphatic carbocycles. The molecule has 12 nitrogen and oxygen atoms in total. The molecule has 1 amide bonds. The summed E-state index contributed by atoms with van der Waals surface area (Å²) in [6.45, 7) is 2.19. The fraction of sp³-hybridized carbons (Fsp3) is 0.419. The van der Waals surface area contributed by atoms with Crippen LogP contribution in [-0.4, -0.2) is 96.1 Å². The zero-order valence-corrected chi connectivity index (χ0v) is 27.1. The maximum atomic E-state index is 16.7. The highest BCUT2D eigenvalue weighted by molar-refractivity contribution is 7.22. The zero-order valence-electron chi connectivity index (χ0n) is 25.5. The minimum Gasteiger partial charge on any atom is -0.461 e. The Hall–Kier alpha value is -4.28. The van der Waals surface area contributed by atoms with Crippen molar-refractivity contribution in [3.8, 4) is 17.1 Å². The fourth-order valence-corrected chi connectivity index (χ4v) is 8.36. The number of carbonyl (C=O) groups excluding carboxylic acids is 1. The lowest BCUT2D eigenvalue weighted by Gasteiger charge is -2.32. The molecule has 3 aromatic heterocycles. The van der Waals surface area contributed by atoms with E-state index >= 15 is 4.39 Å². The maximum absolute atomic E-state index is 16.7. The van der Waals surface area contributed by atoms with Gasteiger partial charge in [-0.3, -0.25) is 4.90 Å². The summed E-state index contributed by atoms with van der Waals surface area (Å²) in [5, 5.41) is 7.84. The van der Waals surface area contributed by atoms with Gasteiger partial charge in [0.05, 0.1) is 20.8 Å². The smallest absolute Gasteiger partial charge is 0.346 e. The molecular formula is C31H30ClF3N10O2S. The molecule has 5 aromatic rings. The summed E-state index contributed by atoms with van der Waals surface area (Å²) in [5.41, 5.74) is 5.82. The fourth-order valence-electron chi connectivity index (χ4n) is 7.30. The van der Waals surface area contributed by atoms with Crippen molar-refractivity contribution in [2.75, 3.05) is 43.8 Å². The molecule has 0 saturated carbocycles. The van der Waals surface area contributed by atoms with E-state index in [1.807, 2.05) is 0 Å². The van der Waals surface area contributed by atoms with E-state index in [-0.39, 0.29) is 61.7 Å². The van der Waals surface area contributed by atoms with Crippen molar-refractivity contribution in [1.29, 1.82) is 0 Å². The Balaban J connectivity index is 1.16. The van der Waals surface area contributed by atoms with Gasteiger partial charge in [-0.15, -0.1) is 0 Å². The van der Waals surface area contributed by atoms with Gasteiger partial charge in [-0.25, -0.2) is 27.9 Å². The molecule has 0 spiro atoms. The Bertz CT molecular complexity index is 2040. The van der Waals surface area contributed by atoms with Crippen molar-refractivity contribution >= 4 is 61.0 Å². The van der Waals surface area contributed by atoms with Gasteiger partial charge in [0.25, 0.3) is 0 Å². The van der Waals surface area contributed by atoms with Gasteiger partial charge in [-0.1, -0.05) is 22.9 Å². The number of hydrogen-bond acceptors (Lipinski definition) is 11. The Kier molecular flexibility index (Phi) is 7.75. The lowest BCUT2D eigenvalue weighted by Crippen LogP contribution is -2.44. The summed E-state index contributed by atoms with van der Waals surface area (Å²) in [7, 11) is 0. The van der Waals surface area contributed by atoms with Crippen molar-refractivity contribution in [2.45, 2.75) is 49.9 Å². The van der Waals surface area contributed by atoms with E-state index < -0.39 is 23.3 Å². The molecule has 0 unspecified atom stereocenters. The van der Waals surface area contributed by atoms with Crippen LogP contribution in [0.1, 0.15) is 32.1 Å². The molecule has 3 fully saturated rings. The monoisotopic (exact) mass is 698 g/mol. The van der Waals surface area contributed by atoms with Crippen molar-refractivity contribution in [1.82, 2.24) is 39.5 Å². The van der Waals surface area contributed by atoms with Crippen LogP contribution in [0.4, 0.5) is 28.9 Å². The van der Waals surface area contributed by atoms with Crippen LogP contribution < -0.4 is 15.8 Å². The van der Waals surface area contributed by atoms with Crippen molar-refractivity contribution < 1.29 is 22.7 Å². The van der Waals surface area contributed by atoms with Gasteiger partial charge in [0, 0.05) is 48.6 Å². The Morgan fingerprint density at radius 2 is 2.00 bits per heavy atom. The van der Waals surface area contributed by atoms with Crippen molar-refractivity contribution in [3.05, 3.63) is 47.5 Å². The first-order chi connectivity index (χ1) is 23.2. The number of likely N-dealkylation sites (tertiary alicyclic amines) is 1. The molecule has 0 radical (unpaired) electrons. The quantitative estimate of drug-likeness (QED) is 0.233. The van der Waals surface area contributed by atoms with E-state index in [4.69, 9.17) is 22.1 Å². The summed E-state index contributed by atoms with van der Waals surface area (Å²) < 4.78 is 53.4. The molecule has 48 heavy (non-hydrogen) atoms. The van der Waals surface area contributed by atoms with Crippen LogP contribution in [0.5, 0.6) is 6.01 Å².